The molecule has 0 spiro atoms. The Kier molecular flexibility index (Phi) is 4.63. The van der Waals surface area contributed by atoms with Gasteiger partial charge in [-0.25, -0.2) is 9.67 Å². The molecule has 7 heteroatoms. The highest BCUT2D eigenvalue weighted by molar-refractivity contribution is 7.99. The fraction of sp³-hybridized carbons (Fsp3) is 0.400. The van der Waals surface area contributed by atoms with E-state index in [9.17, 15) is 0 Å². The van der Waals surface area contributed by atoms with E-state index < -0.39 is 0 Å². The Morgan fingerprint density at radius 3 is 2.81 bits per heavy atom. The molecule has 27 heavy (non-hydrogen) atoms. The number of nitrogens with one attached hydrogen (secondary N) is 1. The van der Waals surface area contributed by atoms with Gasteiger partial charge in [0.2, 0.25) is 0 Å². The van der Waals surface area contributed by atoms with Crippen LogP contribution in [0.25, 0.3) is 5.69 Å². The van der Waals surface area contributed by atoms with Crippen LogP contribution in [0.2, 0.25) is 0 Å². The van der Waals surface area contributed by atoms with Crippen molar-refractivity contribution < 1.29 is 0 Å². The van der Waals surface area contributed by atoms with E-state index in [1.807, 2.05) is 34.9 Å². The van der Waals surface area contributed by atoms with Crippen LogP contribution in [0.5, 0.6) is 0 Å². The second-order valence-corrected chi connectivity index (χ2v) is 8.23. The first-order valence-electron chi connectivity index (χ1n) is 9.62. The van der Waals surface area contributed by atoms with Gasteiger partial charge in [0.15, 0.2) is 5.16 Å². The molecule has 3 aromatic rings. The van der Waals surface area contributed by atoms with Crippen LogP contribution >= 0.6 is 11.8 Å². The molecule has 0 saturated carbocycles. The van der Waals surface area contributed by atoms with Crippen molar-refractivity contribution in [2.75, 3.05) is 23.7 Å². The quantitative estimate of drug-likeness (QED) is 0.738. The first kappa shape index (κ1) is 16.9. The standard InChI is InChI=1S/C20H24N6S/c1-3-18(13-19(4-1)26-8-2-7-22-26)24-9-5-16(6-10-24)21-14-17-15-25-11-12-27-20(25)23-17/h1-4,7-8,13,15-16,21H,5-6,9-12,14H2. The number of nitrogens with zero attached hydrogens (tertiary/aromatic N) is 5. The number of imidazole rings is 1. The zero-order chi connectivity index (χ0) is 18.1. The molecule has 0 bridgehead atoms. The number of aromatic nitrogens is 4. The lowest BCUT2D eigenvalue weighted by molar-refractivity contribution is 0.412. The molecule has 0 atom stereocenters. The normalized spacial score (nSPS) is 17.4. The lowest BCUT2D eigenvalue weighted by Gasteiger charge is -2.34. The summed E-state index contributed by atoms with van der Waals surface area (Å²) < 4.78 is 4.19. The van der Waals surface area contributed by atoms with Crippen molar-refractivity contribution in [2.45, 2.75) is 37.1 Å². The summed E-state index contributed by atoms with van der Waals surface area (Å²) in [4.78, 5) is 7.20. The van der Waals surface area contributed by atoms with Gasteiger partial charge >= 0.3 is 0 Å². The number of fused-ring (bicyclic) bond motifs is 1. The van der Waals surface area contributed by atoms with Gasteiger partial charge in [0.05, 0.1) is 11.4 Å². The van der Waals surface area contributed by atoms with Crippen LogP contribution in [-0.2, 0) is 13.1 Å². The molecule has 2 aromatic heterocycles. The number of hydrogen-bond donors (Lipinski definition) is 1. The van der Waals surface area contributed by atoms with E-state index in [2.05, 4.69) is 50.3 Å². The second kappa shape index (κ2) is 7.40. The molecule has 0 unspecified atom stereocenters. The van der Waals surface area contributed by atoms with Crippen molar-refractivity contribution in [3.8, 4) is 5.69 Å². The SMILES string of the molecule is c1cc(N2CCC(NCc3cn4c(n3)SCC4)CC2)cc(-n2cccn2)c1. The van der Waals surface area contributed by atoms with Crippen molar-refractivity contribution in [2.24, 2.45) is 0 Å². The minimum absolute atomic E-state index is 0.569. The van der Waals surface area contributed by atoms with Crippen LogP contribution in [0.15, 0.2) is 54.1 Å². The third-order valence-electron chi connectivity index (χ3n) is 5.38. The van der Waals surface area contributed by atoms with Crippen molar-refractivity contribution in [3.05, 3.63) is 54.6 Å². The molecule has 0 radical (unpaired) electrons. The average molecular weight is 381 g/mol. The fourth-order valence-corrected chi connectivity index (χ4v) is 4.85. The Hall–Kier alpha value is -2.25. The molecule has 1 aromatic carbocycles. The predicted molar refractivity (Wildman–Crippen MR) is 109 cm³/mol. The minimum atomic E-state index is 0.569. The van der Waals surface area contributed by atoms with Crippen LogP contribution in [0, 0.1) is 0 Å². The summed E-state index contributed by atoms with van der Waals surface area (Å²) in [6.45, 7) is 4.13. The number of hydrogen-bond acceptors (Lipinski definition) is 5. The molecule has 4 heterocycles. The van der Waals surface area contributed by atoms with Crippen LogP contribution in [0.1, 0.15) is 18.5 Å². The van der Waals surface area contributed by atoms with E-state index in [4.69, 9.17) is 4.98 Å². The summed E-state index contributed by atoms with van der Waals surface area (Å²) in [5.41, 5.74) is 3.57. The lowest BCUT2D eigenvalue weighted by Crippen LogP contribution is -2.42. The highest BCUT2D eigenvalue weighted by Gasteiger charge is 2.20. The summed E-state index contributed by atoms with van der Waals surface area (Å²) in [6, 6.07) is 11.2. The second-order valence-electron chi connectivity index (χ2n) is 7.17. The first-order chi connectivity index (χ1) is 13.3. The van der Waals surface area contributed by atoms with E-state index in [0.717, 1.165) is 50.5 Å². The van der Waals surface area contributed by atoms with Crippen molar-refractivity contribution >= 4 is 17.4 Å². The molecule has 1 saturated heterocycles. The Balaban J connectivity index is 1.16. The van der Waals surface area contributed by atoms with Crippen LogP contribution in [-0.4, -0.2) is 44.2 Å². The van der Waals surface area contributed by atoms with Crippen LogP contribution in [0.4, 0.5) is 5.69 Å². The first-order valence-corrected chi connectivity index (χ1v) is 10.6. The third-order valence-corrected chi connectivity index (χ3v) is 6.35. The van der Waals surface area contributed by atoms with E-state index in [-0.39, 0.29) is 0 Å². The highest BCUT2D eigenvalue weighted by Crippen LogP contribution is 2.25. The predicted octanol–water partition coefficient (Wildman–Crippen LogP) is 2.93. The summed E-state index contributed by atoms with van der Waals surface area (Å²) >= 11 is 1.86. The number of aryl methyl sites for hydroxylation is 1. The zero-order valence-electron chi connectivity index (χ0n) is 15.3. The number of anilines is 1. The Labute approximate surface area is 163 Å². The minimum Gasteiger partial charge on any atom is -0.371 e. The number of piperidine rings is 1. The van der Waals surface area contributed by atoms with Gasteiger partial charge in [-0.05, 0) is 37.1 Å². The van der Waals surface area contributed by atoms with E-state index in [1.165, 1.54) is 16.5 Å². The summed E-state index contributed by atoms with van der Waals surface area (Å²) in [6.07, 6.45) is 8.33. The topological polar surface area (TPSA) is 50.9 Å². The monoisotopic (exact) mass is 380 g/mol. The van der Waals surface area contributed by atoms with Gasteiger partial charge in [-0.2, -0.15) is 5.10 Å². The smallest absolute Gasteiger partial charge is 0.168 e. The van der Waals surface area contributed by atoms with Crippen LogP contribution < -0.4 is 10.2 Å². The molecule has 140 valence electrons. The van der Waals surface area contributed by atoms with E-state index in [0.29, 0.717) is 6.04 Å². The maximum Gasteiger partial charge on any atom is 0.168 e. The Morgan fingerprint density at radius 1 is 1.11 bits per heavy atom. The molecular formula is C20H24N6S. The maximum atomic E-state index is 4.72. The average Bonchev–Trinajstić information content (AvgIpc) is 3.44. The Morgan fingerprint density at radius 2 is 2.00 bits per heavy atom. The summed E-state index contributed by atoms with van der Waals surface area (Å²) in [7, 11) is 0. The Bertz CT molecular complexity index is 874. The maximum absolute atomic E-state index is 4.72. The molecule has 2 aliphatic rings. The molecule has 1 fully saturated rings. The zero-order valence-corrected chi connectivity index (χ0v) is 16.1. The van der Waals surface area contributed by atoms with Gasteiger partial charge in [0.1, 0.15) is 0 Å². The van der Waals surface area contributed by atoms with Gasteiger partial charge < -0.3 is 14.8 Å². The number of thioether (sulfide) groups is 1. The lowest BCUT2D eigenvalue weighted by atomic mass is 10.0. The molecule has 0 amide bonds. The molecule has 1 N–H and O–H groups in total. The number of rotatable bonds is 5. The van der Waals surface area contributed by atoms with Gasteiger partial charge in [-0.15, -0.1) is 0 Å². The summed E-state index contributed by atoms with van der Waals surface area (Å²) in [5.74, 6) is 1.16. The number of benzene rings is 1. The van der Waals surface area contributed by atoms with Crippen LogP contribution in [0.3, 0.4) is 0 Å². The van der Waals surface area contributed by atoms with E-state index in [1.54, 1.807) is 0 Å². The van der Waals surface area contributed by atoms with Gasteiger partial charge in [0.25, 0.3) is 0 Å². The summed E-state index contributed by atoms with van der Waals surface area (Å²) in [5, 5.41) is 9.22. The third kappa shape index (κ3) is 3.61. The van der Waals surface area contributed by atoms with Gasteiger partial charge in [-0.1, -0.05) is 17.8 Å². The molecule has 6 nitrogen and oxygen atoms in total. The highest BCUT2D eigenvalue weighted by atomic mass is 32.2. The van der Waals surface area contributed by atoms with Gasteiger partial charge in [0, 0.05) is 62.3 Å². The van der Waals surface area contributed by atoms with E-state index >= 15 is 0 Å². The molecule has 5 rings (SSSR count). The van der Waals surface area contributed by atoms with Crippen molar-refractivity contribution in [3.63, 3.8) is 0 Å². The van der Waals surface area contributed by atoms with Crippen molar-refractivity contribution in [1.29, 1.82) is 0 Å². The molecular weight excluding hydrogens is 356 g/mol. The molecule has 0 aliphatic carbocycles. The largest absolute Gasteiger partial charge is 0.371 e. The van der Waals surface area contributed by atoms with Crippen molar-refractivity contribution in [1.82, 2.24) is 24.6 Å². The fourth-order valence-electron chi connectivity index (χ4n) is 3.89. The molecule has 2 aliphatic heterocycles. The van der Waals surface area contributed by atoms with Gasteiger partial charge in [-0.3, -0.25) is 0 Å².